The molecule has 1 aliphatic heterocycles. The highest BCUT2D eigenvalue weighted by molar-refractivity contribution is 4.72. The van der Waals surface area contributed by atoms with Crippen molar-refractivity contribution in [2.24, 2.45) is 5.73 Å². The zero-order valence-corrected chi connectivity index (χ0v) is 5.13. The average Bonchev–Trinajstić information content (AvgIpc) is 2.14. The summed E-state index contributed by atoms with van der Waals surface area (Å²) < 4.78 is 0. The highest BCUT2D eigenvalue weighted by Crippen LogP contribution is 2.04. The summed E-state index contributed by atoms with van der Waals surface area (Å²) in [5.41, 5.74) is 5.58. The Hall–Kier alpha value is -0.120. The van der Waals surface area contributed by atoms with Crippen LogP contribution in [-0.4, -0.2) is 31.3 Å². The molecule has 0 saturated carbocycles. The van der Waals surface area contributed by atoms with Gasteiger partial charge < -0.3 is 10.6 Å². The molecule has 1 heterocycles. The second-order valence-corrected chi connectivity index (χ2v) is 2.12. The van der Waals surface area contributed by atoms with Crippen LogP contribution in [0, 0.1) is 0 Å². The molecule has 0 aromatic carbocycles. The first-order valence-electron chi connectivity index (χ1n) is 2.87. The van der Waals surface area contributed by atoms with Crippen LogP contribution in [0.1, 0.15) is 6.42 Å². The van der Waals surface area contributed by atoms with Crippen molar-refractivity contribution < 1.29 is 4.84 Å². The van der Waals surface area contributed by atoms with Crippen molar-refractivity contribution in [2.75, 3.05) is 20.2 Å². The van der Waals surface area contributed by atoms with Crippen molar-refractivity contribution in [1.29, 1.82) is 0 Å². The van der Waals surface area contributed by atoms with Crippen LogP contribution in [0.15, 0.2) is 0 Å². The molecule has 0 aromatic rings. The summed E-state index contributed by atoms with van der Waals surface area (Å²) in [5, 5.41) is 1.88. The highest BCUT2D eigenvalue weighted by atomic mass is 16.7. The molecule has 1 rings (SSSR count). The molecule has 0 spiro atoms. The minimum absolute atomic E-state index is 0.329. The van der Waals surface area contributed by atoms with E-state index in [9.17, 15) is 0 Å². The number of hydroxylamine groups is 2. The van der Waals surface area contributed by atoms with Crippen LogP contribution in [0.3, 0.4) is 0 Å². The van der Waals surface area contributed by atoms with Gasteiger partial charge in [0.2, 0.25) is 0 Å². The van der Waals surface area contributed by atoms with Gasteiger partial charge in [-0.05, 0) is 6.42 Å². The van der Waals surface area contributed by atoms with Crippen LogP contribution < -0.4 is 5.73 Å². The van der Waals surface area contributed by atoms with Crippen molar-refractivity contribution in [2.45, 2.75) is 12.5 Å². The van der Waals surface area contributed by atoms with E-state index in [2.05, 4.69) is 0 Å². The summed E-state index contributed by atoms with van der Waals surface area (Å²) in [6.07, 6.45) is 1.06. The van der Waals surface area contributed by atoms with Crippen molar-refractivity contribution >= 4 is 0 Å². The van der Waals surface area contributed by atoms with E-state index < -0.39 is 0 Å². The van der Waals surface area contributed by atoms with Crippen molar-refractivity contribution in [1.82, 2.24) is 5.06 Å². The summed E-state index contributed by atoms with van der Waals surface area (Å²) in [6, 6.07) is 0.329. The second kappa shape index (κ2) is 2.44. The Balaban J connectivity index is 2.22. The number of nitrogens with two attached hydrogens (primary N) is 1. The topological polar surface area (TPSA) is 38.5 Å². The lowest BCUT2D eigenvalue weighted by Gasteiger charge is -2.09. The Morgan fingerprint density at radius 2 is 2.50 bits per heavy atom. The van der Waals surface area contributed by atoms with Crippen LogP contribution in [0.5, 0.6) is 0 Å². The molecule has 0 amide bonds. The minimum Gasteiger partial charge on any atom is -0.326 e. The Morgan fingerprint density at radius 3 is 2.75 bits per heavy atom. The molecule has 0 bridgehead atoms. The maximum absolute atomic E-state index is 5.58. The molecule has 1 fully saturated rings. The Bertz CT molecular complexity index is 76.8. The molecule has 48 valence electrons. The van der Waals surface area contributed by atoms with Crippen LogP contribution in [-0.2, 0) is 4.84 Å². The predicted octanol–water partition coefficient (Wildman–Crippen LogP) is -0.419. The molecule has 1 unspecified atom stereocenters. The zero-order chi connectivity index (χ0) is 5.98. The Morgan fingerprint density at radius 1 is 1.75 bits per heavy atom. The van der Waals surface area contributed by atoms with E-state index in [0.717, 1.165) is 19.5 Å². The largest absolute Gasteiger partial charge is 0.326 e. The van der Waals surface area contributed by atoms with Gasteiger partial charge >= 0.3 is 0 Å². The summed E-state index contributed by atoms with van der Waals surface area (Å²) in [5.74, 6) is 0. The molecule has 3 heteroatoms. The van der Waals surface area contributed by atoms with E-state index in [1.165, 1.54) is 0 Å². The third-order valence-electron chi connectivity index (χ3n) is 1.45. The summed E-state index contributed by atoms with van der Waals surface area (Å²) in [6.45, 7) is 1.87. The van der Waals surface area contributed by atoms with E-state index >= 15 is 0 Å². The molecule has 8 heavy (non-hydrogen) atoms. The van der Waals surface area contributed by atoms with E-state index in [1.54, 1.807) is 7.11 Å². The normalized spacial score (nSPS) is 31.5. The lowest BCUT2D eigenvalue weighted by molar-refractivity contribution is -0.112. The maximum atomic E-state index is 5.58. The number of hydrogen-bond acceptors (Lipinski definition) is 3. The standard InChI is InChI=1S/C5H12N2O/c1-8-7-3-2-5(6)4-7/h5H,2-4,6H2,1H3. The van der Waals surface area contributed by atoms with E-state index in [1.807, 2.05) is 5.06 Å². The van der Waals surface area contributed by atoms with Gasteiger partial charge in [0.05, 0.1) is 7.11 Å². The highest BCUT2D eigenvalue weighted by Gasteiger charge is 2.17. The second-order valence-electron chi connectivity index (χ2n) is 2.12. The van der Waals surface area contributed by atoms with Crippen LogP contribution in [0.4, 0.5) is 0 Å². The predicted molar refractivity (Wildman–Crippen MR) is 31.2 cm³/mol. The summed E-state index contributed by atoms with van der Waals surface area (Å²) in [4.78, 5) is 4.93. The van der Waals surface area contributed by atoms with Gasteiger partial charge in [0, 0.05) is 19.1 Å². The molecule has 1 saturated heterocycles. The molecule has 1 aliphatic rings. The molecule has 2 N–H and O–H groups in total. The first kappa shape index (κ1) is 6.01. The molecule has 3 nitrogen and oxygen atoms in total. The Kier molecular flexibility index (Phi) is 1.83. The number of nitrogens with zero attached hydrogens (tertiary/aromatic N) is 1. The van der Waals surface area contributed by atoms with Gasteiger partial charge in [0.1, 0.15) is 0 Å². The van der Waals surface area contributed by atoms with Gasteiger partial charge in [0.25, 0.3) is 0 Å². The van der Waals surface area contributed by atoms with Crippen LogP contribution in [0.25, 0.3) is 0 Å². The molecule has 1 atom stereocenters. The third-order valence-corrected chi connectivity index (χ3v) is 1.45. The fraction of sp³-hybridized carbons (Fsp3) is 1.00. The fourth-order valence-electron chi connectivity index (χ4n) is 0.920. The first-order valence-corrected chi connectivity index (χ1v) is 2.87. The summed E-state index contributed by atoms with van der Waals surface area (Å²) >= 11 is 0. The van der Waals surface area contributed by atoms with E-state index in [0.29, 0.717) is 6.04 Å². The zero-order valence-electron chi connectivity index (χ0n) is 5.13. The van der Waals surface area contributed by atoms with Crippen molar-refractivity contribution in [3.05, 3.63) is 0 Å². The van der Waals surface area contributed by atoms with E-state index in [-0.39, 0.29) is 0 Å². The van der Waals surface area contributed by atoms with Gasteiger partial charge in [-0.3, -0.25) is 0 Å². The van der Waals surface area contributed by atoms with Crippen molar-refractivity contribution in [3.8, 4) is 0 Å². The monoisotopic (exact) mass is 116 g/mol. The SMILES string of the molecule is CON1CCC(N)C1. The first-order chi connectivity index (χ1) is 3.83. The van der Waals surface area contributed by atoms with Gasteiger partial charge in [-0.15, -0.1) is 0 Å². The lowest BCUT2D eigenvalue weighted by Crippen LogP contribution is -2.25. The molecule has 0 radical (unpaired) electrons. The van der Waals surface area contributed by atoms with Crippen LogP contribution in [0.2, 0.25) is 0 Å². The molecule has 0 aliphatic carbocycles. The molecule has 0 aromatic heterocycles. The van der Waals surface area contributed by atoms with Gasteiger partial charge in [-0.25, -0.2) is 0 Å². The quantitative estimate of drug-likeness (QED) is 0.505. The van der Waals surface area contributed by atoms with Crippen LogP contribution >= 0.6 is 0 Å². The Labute approximate surface area is 49.4 Å². The lowest BCUT2D eigenvalue weighted by atomic mass is 10.3. The van der Waals surface area contributed by atoms with E-state index in [4.69, 9.17) is 10.6 Å². The molecular weight excluding hydrogens is 104 g/mol. The summed E-state index contributed by atoms with van der Waals surface area (Å²) in [7, 11) is 1.68. The number of hydrogen-bond donors (Lipinski definition) is 1. The minimum atomic E-state index is 0.329. The van der Waals surface area contributed by atoms with Crippen molar-refractivity contribution in [3.63, 3.8) is 0 Å². The third kappa shape index (κ3) is 1.18. The average molecular weight is 116 g/mol. The molecular formula is C5H12N2O. The number of rotatable bonds is 1. The van der Waals surface area contributed by atoms with Gasteiger partial charge in [0.15, 0.2) is 0 Å². The van der Waals surface area contributed by atoms with Gasteiger partial charge in [-0.1, -0.05) is 0 Å². The fourth-order valence-corrected chi connectivity index (χ4v) is 0.920. The van der Waals surface area contributed by atoms with Gasteiger partial charge in [-0.2, -0.15) is 5.06 Å². The maximum Gasteiger partial charge on any atom is 0.0575 e. The smallest absolute Gasteiger partial charge is 0.0575 e.